The number of hydrogen-bond donors (Lipinski definition) is 2. The highest BCUT2D eigenvalue weighted by molar-refractivity contribution is 8.08. The Morgan fingerprint density at radius 3 is 2.47 bits per heavy atom. The standard InChI is InChI=1S/C12H18NO2PS/c14-16(17,13-11-7-3-1-4-8-11)15-12-9-5-2-6-10-12/h2,5-6,9-11H,1,3-4,7-8H2,(H2,13,14,17). The molecule has 1 aliphatic carbocycles. The molecule has 1 aliphatic rings. The Balaban J connectivity index is 1.92. The first-order valence-electron chi connectivity index (χ1n) is 6.01. The van der Waals surface area contributed by atoms with Crippen LogP contribution in [0.1, 0.15) is 32.1 Å². The summed E-state index contributed by atoms with van der Waals surface area (Å²) in [4.78, 5) is 10.1. The third kappa shape index (κ3) is 4.40. The summed E-state index contributed by atoms with van der Waals surface area (Å²) >= 11 is 5.14. The number of para-hydroxylation sites is 1. The molecule has 1 unspecified atom stereocenters. The van der Waals surface area contributed by atoms with E-state index in [1.54, 1.807) is 12.1 Å². The summed E-state index contributed by atoms with van der Waals surface area (Å²) in [5.74, 6) is 0.627. The molecule has 1 aromatic carbocycles. The molecule has 17 heavy (non-hydrogen) atoms. The third-order valence-electron chi connectivity index (χ3n) is 2.92. The molecule has 0 radical (unpaired) electrons. The molecular weight excluding hydrogens is 253 g/mol. The first-order valence-corrected chi connectivity index (χ1v) is 8.68. The molecule has 2 rings (SSSR count). The first kappa shape index (κ1) is 13.0. The molecule has 1 atom stereocenters. The molecular formula is C12H18NO2PS. The van der Waals surface area contributed by atoms with Crippen molar-refractivity contribution in [3.05, 3.63) is 30.3 Å². The molecule has 2 N–H and O–H groups in total. The smallest absolute Gasteiger partial charge is 0.310 e. The van der Waals surface area contributed by atoms with Crippen LogP contribution in [0.5, 0.6) is 5.75 Å². The summed E-state index contributed by atoms with van der Waals surface area (Å²) in [5.41, 5.74) is 0. The van der Waals surface area contributed by atoms with Crippen LogP contribution in [0.2, 0.25) is 0 Å². The molecule has 1 fully saturated rings. The van der Waals surface area contributed by atoms with Gasteiger partial charge in [0.2, 0.25) is 0 Å². The number of benzene rings is 1. The van der Waals surface area contributed by atoms with Crippen LogP contribution in [0.25, 0.3) is 0 Å². The minimum absolute atomic E-state index is 0.309. The third-order valence-corrected chi connectivity index (χ3v) is 4.61. The Bertz CT molecular complexity index is 393. The molecule has 0 amide bonds. The van der Waals surface area contributed by atoms with Crippen molar-refractivity contribution in [2.24, 2.45) is 0 Å². The number of hydrogen-bond acceptors (Lipinski definition) is 2. The van der Waals surface area contributed by atoms with Crippen LogP contribution in [0.15, 0.2) is 30.3 Å². The second-order valence-corrected chi connectivity index (χ2v) is 7.36. The monoisotopic (exact) mass is 271 g/mol. The Morgan fingerprint density at radius 1 is 1.18 bits per heavy atom. The summed E-state index contributed by atoms with van der Waals surface area (Å²) < 4.78 is 5.47. The molecule has 0 saturated heterocycles. The second-order valence-electron chi connectivity index (χ2n) is 4.39. The molecule has 1 saturated carbocycles. The van der Waals surface area contributed by atoms with E-state index in [0.29, 0.717) is 11.8 Å². The summed E-state index contributed by atoms with van der Waals surface area (Å²) in [6.45, 7) is -2.90. The van der Waals surface area contributed by atoms with E-state index < -0.39 is 6.64 Å². The van der Waals surface area contributed by atoms with Gasteiger partial charge in [-0.3, -0.25) is 0 Å². The summed E-state index contributed by atoms with van der Waals surface area (Å²) in [7, 11) is 0. The zero-order chi connectivity index (χ0) is 12.1. The number of nitrogens with one attached hydrogen (secondary N) is 1. The van der Waals surface area contributed by atoms with Gasteiger partial charge in [0.25, 0.3) is 0 Å². The van der Waals surface area contributed by atoms with Gasteiger partial charge in [0.15, 0.2) is 0 Å². The molecule has 0 aliphatic heterocycles. The topological polar surface area (TPSA) is 41.5 Å². The van der Waals surface area contributed by atoms with Gasteiger partial charge in [-0.15, -0.1) is 0 Å². The van der Waals surface area contributed by atoms with E-state index in [1.165, 1.54) is 19.3 Å². The lowest BCUT2D eigenvalue weighted by Crippen LogP contribution is -2.29. The fourth-order valence-electron chi connectivity index (χ4n) is 2.11. The van der Waals surface area contributed by atoms with Crippen LogP contribution in [-0.4, -0.2) is 10.9 Å². The normalized spacial score (nSPS) is 20.8. The van der Waals surface area contributed by atoms with E-state index in [9.17, 15) is 4.89 Å². The van der Waals surface area contributed by atoms with Gasteiger partial charge >= 0.3 is 6.64 Å². The fraction of sp³-hybridized carbons (Fsp3) is 0.500. The molecule has 0 bridgehead atoms. The predicted molar refractivity (Wildman–Crippen MR) is 73.6 cm³/mol. The van der Waals surface area contributed by atoms with Crippen LogP contribution in [0, 0.1) is 0 Å². The van der Waals surface area contributed by atoms with Crippen molar-refractivity contribution in [1.82, 2.24) is 5.09 Å². The maximum absolute atomic E-state index is 10.1. The highest BCUT2D eigenvalue weighted by Crippen LogP contribution is 2.40. The van der Waals surface area contributed by atoms with E-state index in [4.69, 9.17) is 16.3 Å². The predicted octanol–water partition coefficient (Wildman–Crippen LogP) is 3.20. The lowest BCUT2D eigenvalue weighted by Gasteiger charge is -2.27. The Morgan fingerprint density at radius 2 is 1.82 bits per heavy atom. The van der Waals surface area contributed by atoms with E-state index in [-0.39, 0.29) is 0 Å². The maximum atomic E-state index is 10.1. The van der Waals surface area contributed by atoms with Gasteiger partial charge in [-0.1, -0.05) is 37.5 Å². The summed E-state index contributed by atoms with van der Waals surface area (Å²) in [5, 5.41) is 3.10. The van der Waals surface area contributed by atoms with Crippen LogP contribution >= 0.6 is 6.64 Å². The average Bonchev–Trinajstić information content (AvgIpc) is 2.30. The quantitative estimate of drug-likeness (QED) is 0.825. The van der Waals surface area contributed by atoms with Crippen LogP contribution in [0.3, 0.4) is 0 Å². The van der Waals surface area contributed by atoms with Crippen LogP contribution in [0.4, 0.5) is 0 Å². The zero-order valence-electron chi connectivity index (χ0n) is 9.71. The minimum Gasteiger partial charge on any atom is -0.433 e. The van der Waals surface area contributed by atoms with Crippen molar-refractivity contribution in [3.8, 4) is 5.75 Å². The Hall–Kier alpha value is -0.410. The Kier molecular flexibility index (Phi) is 4.57. The fourth-order valence-corrected chi connectivity index (χ4v) is 4.00. The highest BCUT2D eigenvalue weighted by Gasteiger charge is 2.22. The second kappa shape index (κ2) is 5.96. The number of rotatable bonds is 4. The van der Waals surface area contributed by atoms with Gasteiger partial charge in [-0.25, -0.2) is 5.09 Å². The SMILES string of the molecule is OP(=S)(NC1CCCCC1)Oc1ccccc1. The van der Waals surface area contributed by atoms with Gasteiger partial charge in [0.05, 0.1) is 0 Å². The lowest BCUT2D eigenvalue weighted by molar-refractivity contribution is 0.385. The summed E-state index contributed by atoms with van der Waals surface area (Å²) in [6, 6.07) is 9.56. The van der Waals surface area contributed by atoms with Crippen molar-refractivity contribution in [1.29, 1.82) is 0 Å². The van der Waals surface area contributed by atoms with E-state index in [0.717, 1.165) is 12.8 Å². The van der Waals surface area contributed by atoms with Crippen molar-refractivity contribution >= 4 is 18.4 Å². The average molecular weight is 271 g/mol. The molecule has 0 aromatic heterocycles. The molecule has 5 heteroatoms. The van der Waals surface area contributed by atoms with Crippen LogP contribution in [-0.2, 0) is 11.8 Å². The maximum Gasteiger partial charge on any atom is 0.310 e. The van der Waals surface area contributed by atoms with Crippen LogP contribution < -0.4 is 9.61 Å². The molecule has 94 valence electrons. The van der Waals surface area contributed by atoms with Crippen molar-refractivity contribution in [3.63, 3.8) is 0 Å². The lowest BCUT2D eigenvalue weighted by atomic mass is 9.96. The molecule has 0 spiro atoms. The van der Waals surface area contributed by atoms with Gasteiger partial charge in [0, 0.05) is 6.04 Å². The molecule has 1 aromatic rings. The van der Waals surface area contributed by atoms with Gasteiger partial charge < -0.3 is 9.42 Å². The largest absolute Gasteiger partial charge is 0.433 e. The first-order chi connectivity index (χ1) is 8.16. The van der Waals surface area contributed by atoms with E-state index >= 15 is 0 Å². The summed E-state index contributed by atoms with van der Waals surface area (Å²) in [6.07, 6.45) is 5.86. The van der Waals surface area contributed by atoms with Gasteiger partial charge in [-0.05, 0) is 36.8 Å². The van der Waals surface area contributed by atoms with Crippen molar-refractivity contribution < 1.29 is 9.42 Å². The van der Waals surface area contributed by atoms with E-state index in [1.807, 2.05) is 18.2 Å². The molecule has 3 nitrogen and oxygen atoms in total. The van der Waals surface area contributed by atoms with Crippen molar-refractivity contribution in [2.45, 2.75) is 38.1 Å². The van der Waals surface area contributed by atoms with E-state index in [2.05, 4.69) is 5.09 Å². The van der Waals surface area contributed by atoms with Gasteiger partial charge in [0.1, 0.15) is 5.75 Å². The van der Waals surface area contributed by atoms with Gasteiger partial charge in [-0.2, -0.15) is 0 Å². The molecule has 0 heterocycles. The minimum atomic E-state index is -2.90. The highest BCUT2D eigenvalue weighted by atomic mass is 32.5. The Labute approximate surface area is 107 Å². The van der Waals surface area contributed by atoms with Crippen molar-refractivity contribution in [2.75, 3.05) is 0 Å². The zero-order valence-corrected chi connectivity index (χ0v) is 11.4.